The summed E-state index contributed by atoms with van der Waals surface area (Å²) in [4.78, 5) is 2.55. The van der Waals surface area contributed by atoms with Gasteiger partial charge >= 0.3 is 0 Å². The van der Waals surface area contributed by atoms with Crippen molar-refractivity contribution >= 4 is 23.2 Å². The highest BCUT2D eigenvalue weighted by Crippen LogP contribution is 2.43. The Kier molecular flexibility index (Phi) is 5.01. The van der Waals surface area contributed by atoms with Crippen LogP contribution in [0.15, 0.2) is 48.5 Å². The lowest BCUT2D eigenvalue weighted by atomic mass is 9.71. The van der Waals surface area contributed by atoms with E-state index in [1.54, 1.807) is 0 Å². The minimum Gasteiger partial charge on any atom is -0.298 e. The van der Waals surface area contributed by atoms with Gasteiger partial charge in [0.05, 0.1) is 10.0 Å². The minimum absolute atomic E-state index is 0.156. The summed E-state index contributed by atoms with van der Waals surface area (Å²) in [6, 6.07) is 16.9. The predicted molar refractivity (Wildman–Crippen MR) is 99.3 cm³/mol. The SMILES string of the molecule is CC(C)C1(c2ccc(Cl)c(Cl)c2)CCN(Cc2ccccc2)C1. The third-order valence-electron chi connectivity index (χ3n) is 5.23. The smallest absolute Gasteiger partial charge is 0.0595 e. The molecule has 1 saturated heterocycles. The first-order valence-corrected chi connectivity index (χ1v) is 8.99. The Labute approximate surface area is 149 Å². The molecule has 0 radical (unpaired) electrons. The van der Waals surface area contributed by atoms with Crippen LogP contribution in [0.25, 0.3) is 0 Å². The molecule has 122 valence electrons. The Morgan fingerprint density at radius 3 is 2.43 bits per heavy atom. The maximum absolute atomic E-state index is 6.28. The summed E-state index contributed by atoms with van der Waals surface area (Å²) in [5.41, 5.74) is 2.85. The van der Waals surface area contributed by atoms with E-state index in [-0.39, 0.29) is 5.41 Å². The zero-order valence-corrected chi connectivity index (χ0v) is 15.2. The Morgan fingerprint density at radius 2 is 1.78 bits per heavy atom. The fourth-order valence-corrected chi connectivity index (χ4v) is 4.04. The highest BCUT2D eigenvalue weighted by molar-refractivity contribution is 6.42. The van der Waals surface area contributed by atoms with E-state index in [1.807, 2.05) is 6.07 Å². The molecule has 1 aliphatic heterocycles. The van der Waals surface area contributed by atoms with Gasteiger partial charge in [0, 0.05) is 18.5 Å². The van der Waals surface area contributed by atoms with Gasteiger partial charge in [-0.05, 0) is 42.1 Å². The molecule has 3 rings (SSSR count). The lowest BCUT2D eigenvalue weighted by Gasteiger charge is -2.34. The van der Waals surface area contributed by atoms with Crippen LogP contribution in [-0.4, -0.2) is 18.0 Å². The highest BCUT2D eigenvalue weighted by atomic mass is 35.5. The van der Waals surface area contributed by atoms with Crippen LogP contribution < -0.4 is 0 Å². The number of likely N-dealkylation sites (tertiary alicyclic amines) is 1. The van der Waals surface area contributed by atoms with Crippen LogP contribution in [0.5, 0.6) is 0 Å². The quantitative estimate of drug-likeness (QED) is 0.676. The summed E-state index contributed by atoms with van der Waals surface area (Å²) >= 11 is 12.4. The van der Waals surface area contributed by atoms with Gasteiger partial charge in [-0.2, -0.15) is 0 Å². The van der Waals surface area contributed by atoms with Crippen molar-refractivity contribution in [2.45, 2.75) is 32.2 Å². The van der Waals surface area contributed by atoms with Gasteiger partial charge in [-0.3, -0.25) is 4.90 Å². The third kappa shape index (κ3) is 3.42. The van der Waals surface area contributed by atoms with E-state index in [0.29, 0.717) is 16.0 Å². The van der Waals surface area contributed by atoms with Crippen LogP contribution in [0.1, 0.15) is 31.4 Å². The zero-order chi connectivity index (χ0) is 16.4. The van der Waals surface area contributed by atoms with Gasteiger partial charge in [-0.25, -0.2) is 0 Å². The number of nitrogens with zero attached hydrogens (tertiary/aromatic N) is 1. The van der Waals surface area contributed by atoms with Crippen molar-refractivity contribution in [2.24, 2.45) is 5.92 Å². The normalized spacial score (nSPS) is 22.0. The summed E-state index contributed by atoms with van der Waals surface area (Å²) in [5, 5.41) is 1.29. The molecule has 1 atom stereocenters. The molecule has 0 bridgehead atoms. The summed E-state index contributed by atoms with van der Waals surface area (Å²) in [6.07, 6.45) is 1.16. The Morgan fingerprint density at radius 1 is 1.04 bits per heavy atom. The topological polar surface area (TPSA) is 3.24 Å². The molecule has 2 aromatic rings. The molecule has 2 aromatic carbocycles. The predicted octanol–water partition coefficient (Wildman–Crippen LogP) is 5.79. The first-order chi connectivity index (χ1) is 11.0. The van der Waals surface area contributed by atoms with Crippen LogP contribution in [0.2, 0.25) is 10.0 Å². The number of benzene rings is 2. The molecule has 1 aliphatic rings. The van der Waals surface area contributed by atoms with Crippen LogP contribution in [0.3, 0.4) is 0 Å². The molecular weight excluding hydrogens is 325 g/mol. The van der Waals surface area contributed by atoms with E-state index >= 15 is 0 Å². The first kappa shape index (κ1) is 16.8. The molecule has 1 nitrogen and oxygen atoms in total. The largest absolute Gasteiger partial charge is 0.298 e. The molecule has 23 heavy (non-hydrogen) atoms. The van der Waals surface area contributed by atoms with E-state index in [9.17, 15) is 0 Å². The fourth-order valence-electron chi connectivity index (χ4n) is 3.74. The van der Waals surface area contributed by atoms with Crippen molar-refractivity contribution in [3.05, 3.63) is 69.7 Å². The van der Waals surface area contributed by atoms with Gasteiger partial charge in [0.1, 0.15) is 0 Å². The Bertz CT molecular complexity index is 669. The van der Waals surface area contributed by atoms with E-state index in [4.69, 9.17) is 23.2 Å². The second-order valence-electron chi connectivity index (χ2n) is 6.89. The van der Waals surface area contributed by atoms with Gasteiger partial charge in [0.25, 0.3) is 0 Å². The molecule has 3 heteroatoms. The van der Waals surface area contributed by atoms with Crippen LogP contribution in [-0.2, 0) is 12.0 Å². The lowest BCUT2D eigenvalue weighted by molar-refractivity contribution is 0.264. The molecule has 0 aliphatic carbocycles. The van der Waals surface area contributed by atoms with Gasteiger partial charge < -0.3 is 0 Å². The highest BCUT2D eigenvalue weighted by Gasteiger charge is 2.42. The van der Waals surface area contributed by atoms with Crippen molar-refractivity contribution in [3.63, 3.8) is 0 Å². The fraction of sp³-hybridized carbons (Fsp3) is 0.400. The summed E-state index contributed by atoms with van der Waals surface area (Å²) in [5.74, 6) is 0.556. The summed E-state index contributed by atoms with van der Waals surface area (Å²) in [7, 11) is 0. The number of hydrogen-bond acceptors (Lipinski definition) is 1. The molecule has 0 amide bonds. The minimum atomic E-state index is 0.156. The van der Waals surface area contributed by atoms with Crippen molar-refractivity contribution < 1.29 is 0 Å². The Hall–Kier alpha value is -1.02. The molecular formula is C20H23Cl2N. The summed E-state index contributed by atoms with van der Waals surface area (Å²) in [6.45, 7) is 7.82. The van der Waals surface area contributed by atoms with Gasteiger partial charge in [0.15, 0.2) is 0 Å². The maximum atomic E-state index is 6.28. The van der Waals surface area contributed by atoms with Crippen molar-refractivity contribution in [2.75, 3.05) is 13.1 Å². The summed E-state index contributed by atoms with van der Waals surface area (Å²) < 4.78 is 0. The number of rotatable bonds is 4. The second kappa shape index (κ2) is 6.84. The van der Waals surface area contributed by atoms with Crippen LogP contribution >= 0.6 is 23.2 Å². The van der Waals surface area contributed by atoms with Crippen molar-refractivity contribution in [3.8, 4) is 0 Å². The number of halogens is 2. The van der Waals surface area contributed by atoms with Gasteiger partial charge in [-0.15, -0.1) is 0 Å². The van der Waals surface area contributed by atoms with Crippen molar-refractivity contribution in [1.82, 2.24) is 4.90 Å². The molecule has 0 N–H and O–H groups in total. The van der Waals surface area contributed by atoms with Crippen molar-refractivity contribution in [1.29, 1.82) is 0 Å². The standard InChI is InChI=1S/C20H23Cl2N/c1-15(2)20(17-8-9-18(21)19(22)12-17)10-11-23(14-20)13-16-6-4-3-5-7-16/h3-9,12,15H,10-11,13-14H2,1-2H3. The zero-order valence-electron chi connectivity index (χ0n) is 13.7. The van der Waals surface area contributed by atoms with Gasteiger partial charge in [0.2, 0.25) is 0 Å². The van der Waals surface area contributed by atoms with E-state index in [1.165, 1.54) is 11.1 Å². The average Bonchev–Trinajstić information content (AvgIpc) is 2.96. The van der Waals surface area contributed by atoms with E-state index < -0.39 is 0 Å². The number of hydrogen-bond donors (Lipinski definition) is 0. The molecule has 0 aromatic heterocycles. The Balaban J connectivity index is 1.84. The third-order valence-corrected chi connectivity index (χ3v) is 5.97. The maximum Gasteiger partial charge on any atom is 0.0595 e. The van der Waals surface area contributed by atoms with E-state index in [2.05, 4.69) is 61.2 Å². The van der Waals surface area contributed by atoms with Crippen LogP contribution in [0.4, 0.5) is 0 Å². The molecule has 1 fully saturated rings. The lowest BCUT2D eigenvalue weighted by Crippen LogP contribution is -2.36. The van der Waals surface area contributed by atoms with Crippen LogP contribution in [0, 0.1) is 5.92 Å². The van der Waals surface area contributed by atoms with Gasteiger partial charge in [-0.1, -0.05) is 73.4 Å². The monoisotopic (exact) mass is 347 g/mol. The molecule has 1 heterocycles. The molecule has 0 saturated carbocycles. The molecule has 1 unspecified atom stereocenters. The molecule has 0 spiro atoms. The average molecular weight is 348 g/mol. The first-order valence-electron chi connectivity index (χ1n) is 8.23. The van der Waals surface area contributed by atoms with E-state index in [0.717, 1.165) is 26.1 Å². The second-order valence-corrected chi connectivity index (χ2v) is 7.70.